The summed E-state index contributed by atoms with van der Waals surface area (Å²) in [5, 5.41) is 0. The Morgan fingerprint density at radius 3 is 2.62 bits per heavy atom. The van der Waals surface area contributed by atoms with Crippen molar-refractivity contribution >= 4 is 0 Å². The van der Waals surface area contributed by atoms with Crippen molar-refractivity contribution in [3.63, 3.8) is 0 Å². The summed E-state index contributed by atoms with van der Waals surface area (Å²) < 4.78 is 5.50. The third kappa shape index (κ3) is 2.76. The normalized spacial score (nSPS) is 28.3. The third-order valence-corrected chi connectivity index (χ3v) is 4.34. The molecule has 0 spiro atoms. The number of nitrogens with zero attached hydrogens (tertiary/aromatic N) is 1. The van der Waals surface area contributed by atoms with Gasteiger partial charge in [0.15, 0.2) is 0 Å². The summed E-state index contributed by atoms with van der Waals surface area (Å²) in [6.45, 7) is 7.29. The van der Waals surface area contributed by atoms with Gasteiger partial charge in [0, 0.05) is 31.7 Å². The van der Waals surface area contributed by atoms with Crippen LogP contribution in [0.15, 0.2) is 0 Å². The van der Waals surface area contributed by atoms with Gasteiger partial charge in [-0.1, -0.05) is 13.3 Å². The van der Waals surface area contributed by atoms with Crippen molar-refractivity contribution in [3.05, 3.63) is 0 Å². The molecule has 1 saturated heterocycles. The number of rotatable bonds is 6. The van der Waals surface area contributed by atoms with Crippen molar-refractivity contribution in [2.45, 2.75) is 38.6 Å². The molecule has 0 aromatic carbocycles. The zero-order chi connectivity index (χ0) is 11.4. The molecule has 2 unspecified atom stereocenters. The van der Waals surface area contributed by atoms with E-state index in [2.05, 4.69) is 11.8 Å². The molecule has 16 heavy (non-hydrogen) atoms. The minimum Gasteiger partial charge on any atom is -0.381 e. The molecule has 2 fully saturated rings. The van der Waals surface area contributed by atoms with Gasteiger partial charge in [0.05, 0.1) is 6.61 Å². The van der Waals surface area contributed by atoms with E-state index in [-0.39, 0.29) is 0 Å². The molecule has 2 aliphatic rings. The lowest BCUT2D eigenvalue weighted by atomic mass is 9.84. The Bertz CT molecular complexity index is 200. The average Bonchev–Trinajstić information content (AvgIpc) is 2.74. The van der Waals surface area contributed by atoms with Gasteiger partial charge in [-0.25, -0.2) is 0 Å². The smallest absolute Gasteiger partial charge is 0.0510 e. The number of hydrogen-bond donors (Lipinski definition) is 1. The van der Waals surface area contributed by atoms with Crippen LogP contribution in [0.1, 0.15) is 32.6 Å². The molecule has 3 heteroatoms. The Balaban J connectivity index is 1.87. The lowest BCUT2D eigenvalue weighted by Gasteiger charge is -2.38. The number of hydrogen-bond acceptors (Lipinski definition) is 3. The van der Waals surface area contributed by atoms with Crippen LogP contribution in [0, 0.1) is 11.8 Å². The van der Waals surface area contributed by atoms with Gasteiger partial charge in [-0.05, 0) is 31.7 Å². The molecule has 0 radical (unpaired) electrons. The lowest BCUT2D eigenvalue weighted by Crippen LogP contribution is -2.48. The predicted molar refractivity (Wildman–Crippen MR) is 66.4 cm³/mol. The van der Waals surface area contributed by atoms with Gasteiger partial charge in [0.2, 0.25) is 0 Å². The number of ether oxygens (including phenoxy) is 1. The highest BCUT2D eigenvalue weighted by atomic mass is 16.5. The maximum Gasteiger partial charge on any atom is 0.0510 e. The summed E-state index contributed by atoms with van der Waals surface area (Å²) in [6, 6.07) is 0.549. The Labute approximate surface area is 99.3 Å². The molecule has 2 rings (SSSR count). The van der Waals surface area contributed by atoms with Gasteiger partial charge >= 0.3 is 0 Å². The van der Waals surface area contributed by atoms with E-state index in [1.807, 2.05) is 0 Å². The quantitative estimate of drug-likeness (QED) is 0.745. The molecule has 0 aromatic heterocycles. The fourth-order valence-corrected chi connectivity index (χ4v) is 3.00. The van der Waals surface area contributed by atoms with Crippen molar-refractivity contribution in [2.24, 2.45) is 17.6 Å². The monoisotopic (exact) mass is 226 g/mol. The first kappa shape index (κ1) is 12.3. The summed E-state index contributed by atoms with van der Waals surface area (Å²) >= 11 is 0. The molecule has 0 bridgehead atoms. The number of likely N-dealkylation sites (N-methyl/N-ethyl adjacent to an activating group) is 1. The molecule has 94 valence electrons. The molecule has 0 aromatic rings. The lowest BCUT2D eigenvalue weighted by molar-refractivity contribution is 0.0947. The van der Waals surface area contributed by atoms with Gasteiger partial charge in [0.25, 0.3) is 0 Å². The summed E-state index contributed by atoms with van der Waals surface area (Å²) in [6.07, 6.45) is 5.48. The molecule has 3 nitrogen and oxygen atoms in total. The van der Waals surface area contributed by atoms with E-state index in [4.69, 9.17) is 10.5 Å². The van der Waals surface area contributed by atoms with Crippen molar-refractivity contribution in [3.8, 4) is 0 Å². The first-order valence-corrected chi connectivity index (χ1v) is 6.87. The van der Waals surface area contributed by atoms with Gasteiger partial charge in [-0.3, -0.25) is 4.90 Å². The second-order valence-electron chi connectivity index (χ2n) is 5.31. The highest BCUT2D eigenvalue weighted by Gasteiger charge is 2.31. The van der Waals surface area contributed by atoms with Gasteiger partial charge in [-0.2, -0.15) is 0 Å². The highest BCUT2D eigenvalue weighted by Crippen LogP contribution is 2.29. The van der Waals surface area contributed by atoms with Crippen LogP contribution in [0.5, 0.6) is 0 Å². The van der Waals surface area contributed by atoms with E-state index in [0.29, 0.717) is 12.0 Å². The van der Waals surface area contributed by atoms with E-state index < -0.39 is 0 Å². The molecule has 2 atom stereocenters. The number of nitrogens with two attached hydrogens (primary N) is 1. The van der Waals surface area contributed by atoms with E-state index in [1.165, 1.54) is 32.2 Å². The Morgan fingerprint density at radius 1 is 1.38 bits per heavy atom. The first-order chi connectivity index (χ1) is 7.85. The zero-order valence-electron chi connectivity index (χ0n) is 10.5. The zero-order valence-corrected chi connectivity index (χ0v) is 10.5. The molecule has 1 aliphatic heterocycles. The molecule has 2 N–H and O–H groups in total. The van der Waals surface area contributed by atoms with Crippen LogP contribution in [0.3, 0.4) is 0 Å². The summed E-state index contributed by atoms with van der Waals surface area (Å²) in [4.78, 5) is 2.60. The van der Waals surface area contributed by atoms with Crippen LogP contribution in [-0.2, 0) is 4.74 Å². The summed E-state index contributed by atoms with van der Waals surface area (Å²) in [7, 11) is 0. The Morgan fingerprint density at radius 2 is 2.19 bits per heavy atom. The topological polar surface area (TPSA) is 38.5 Å². The maximum absolute atomic E-state index is 5.97. The highest BCUT2D eigenvalue weighted by molar-refractivity contribution is 4.85. The van der Waals surface area contributed by atoms with Crippen LogP contribution in [0.4, 0.5) is 0 Å². The molecule has 0 amide bonds. The van der Waals surface area contributed by atoms with Crippen molar-refractivity contribution in [1.82, 2.24) is 4.90 Å². The SMILES string of the molecule is CCN(CC1CCC1)C(CN)C1CCOC1. The average molecular weight is 226 g/mol. The van der Waals surface area contributed by atoms with Crippen molar-refractivity contribution in [1.29, 1.82) is 0 Å². The van der Waals surface area contributed by atoms with Crippen LogP contribution in [0.25, 0.3) is 0 Å². The minimum absolute atomic E-state index is 0.549. The fourth-order valence-electron chi connectivity index (χ4n) is 3.00. The van der Waals surface area contributed by atoms with E-state index >= 15 is 0 Å². The summed E-state index contributed by atoms with van der Waals surface area (Å²) in [5.41, 5.74) is 5.97. The van der Waals surface area contributed by atoms with Gasteiger partial charge < -0.3 is 10.5 Å². The summed E-state index contributed by atoms with van der Waals surface area (Å²) in [5.74, 6) is 1.61. The largest absolute Gasteiger partial charge is 0.381 e. The molecule has 1 aliphatic carbocycles. The van der Waals surface area contributed by atoms with E-state index in [1.54, 1.807) is 0 Å². The standard InChI is InChI=1S/C13H26N2O/c1-2-15(9-11-4-3-5-11)13(8-14)12-6-7-16-10-12/h11-13H,2-10,14H2,1H3. The fraction of sp³-hybridized carbons (Fsp3) is 1.00. The van der Waals surface area contributed by atoms with Crippen molar-refractivity contribution in [2.75, 3.05) is 32.8 Å². The first-order valence-electron chi connectivity index (χ1n) is 6.87. The second kappa shape index (κ2) is 5.99. The van der Waals surface area contributed by atoms with Gasteiger partial charge in [-0.15, -0.1) is 0 Å². The Hall–Kier alpha value is -0.120. The maximum atomic E-state index is 5.97. The van der Waals surface area contributed by atoms with Crippen LogP contribution < -0.4 is 5.73 Å². The third-order valence-electron chi connectivity index (χ3n) is 4.34. The molecule has 1 saturated carbocycles. The van der Waals surface area contributed by atoms with Crippen molar-refractivity contribution < 1.29 is 4.74 Å². The van der Waals surface area contributed by atoms with Crippen LogP contribution in [0.2, 0.25) is 0 Å². The van der Waals surface area contributed by atoms with E-state index in [9.17, 15) is 0 Å². The molecular formula is C13H26N2O. The van der Waals surface area contributed by atoms with Crippen LogP contribution in [-0.4, -0.2) is 43.8 Å². The minimum atomic E-state index is 0.549. The predicted octanol–water partition coefficient (Wildman–Crippen LogP) is 1.47. The Kier molecular flexibility index (Phi) is 4.62. The van der Waals surface area contributed by atoms with E-state index in [0.717, 1.165) is 32.2 Å². The molecular weight excluding hydrogens is 200 g/mol. The molecule has 1 heterocycles. The van der Waals surface area contributed by atoms with Gasteiger partial charge in [0.1, 0.15) is 0 Å². The second-order valence-corrected chi connectivity index (χ2v) is 5.31. The van der Waals surface area contributed by atoms with Crippen LogP contribution >= 0.6 is 0 Å².